The van der Waals surface area contributed by atoms with Crippen molar-refractivity contribution in [3.63, 3.8) is 0 Å². The SMILES string of the molecule is C1CN(C23CC4CC(CC(C4)C2)C3)CCN1.Cl.Cl. The van der Waals surface area contributed by atoms with Gasteiger partial charge < -0.3 is 5.32 Å². The van der Waals surface area contributed by atoms with Gasteiger partial charge in [0.05, 0.1) is 0 Å². The van der Waals surface area contributed by atoms with Crippen molar-refractivity contribution in [2.75, 3.05) is 26.2 Å². The molecule has 0 radical (unpaired) electrons. The molecule has 1 saturated heterocycles. The summed E-state index contributed by atoms with van der Waals surface area (Å²) in [4.78, 5) is 2.87. The van der Waals surface area contributed by atoms with E-state index in [0.29, 0.717) is 5.54 Å². The van der Waals surface area contributed by atoms with E-state index in [1.165, 1.54) is 26.2 Å². The molecule has 0 amide bonds. The van der Waals surface area contributed by atoms with Gasteiger partial charge in [0.25, 0.3) is 0 Å². The summed E-state index contributed by atoms with van der Waals surface area (Å²) in [6.45, 7) is 5.07. The molecular formula is C14H26Cl2N2. The second kappa shape index (κ2) is 5.47. The predicted molar refractivity (Wildman–Crippen MR) is 79.8 cm³/mol. The average Bonchev–Trinajstić information content (AvgIpc) is 2.28. The molecule has 18 heavy (non-hydrogen) atoms. The Morgan fingerprint density at radius 2 is 1.22 bits per heavy atom. The van der Waals surface area contributed by atoms with Crippen LogP contribution in [-0.4, -0.2) is 36.6 Å². The summed E-state index contributed by atoms with van der Waals surface area (Å²) in [6.07, 6.45) is 9.35. The van der Waals surface area contributed by atoms with Crippen LogP contribution >= 0.6 is 24.8 Å². The second-order valence-electron chi connectivity index (χ2n) is 6.88. The van der Waals surface area contributed by atoms with Crippen LogP contribution in [0.4, 0.5) is 0 Å². The summed E-state index contributed by atoms with van der Waals surface area (Å²) in [6, 6.07) is 0. The first-order valence-corrected chi connectivity index (χ1v) is 7.30. The third-order valence-electron chi connectivity index (χ3n) is 5.79. The van der Waals surface area contributed by atoms with Crippen LogP contribution in [-0.2, 0) is 0 Å². The highest BCUT2D eigenvalue weighted by molar-refractivity contribution is 5.85. The second-order valence-corrected chi connectivity index (χ2v) is 6.88. The maximum atomic E-state index is 3.51. The Hall–Kier alpha value is 0.500. The van der Waals surface area contributed by atoms with Crippen molar-refractivity contribution in [1.82, 2.24) is 10.2 Å². The van der Waals surface area contributed by atoms with Gasteiger partial charge >= 0.3 is 0 Å². The molecule has 0 aromatic carbocycles. The summed E-state index contributed by atoms with van der Waals surface area (Å²) >= 11 is 0. The zero-order valence-electron chi connectivity index (χ0n) is 11.1. The van der Waals surface area contributed by atoms with Crippen LogP contribution in [0.25, 0.3) is 0 Å². The van der Waals surface area contributed by atoms with Crippen LogP contribution in [0.3, 0.4) is 0 Å². The number of hydrogen-bond donors (Lipinski definition) is 1. The molecule has 5 aliphatic rings. The Morgan fingerprint density at radius 1 is 0.778 bits per heavy atom. The Labute approximate surface area is 123 Å². The molecule has 0 aromatic heterocycles. The highest BCUT2D eigenvalue weighted by atomic mass is 35.5. The Balaban J connectivity index is 0.000000602. The van der Waals surface area contributed by atoms with E-state index >= 15 is 0 Å². The smallest absolute Gasteiger partial charge is 0.0218 e. The lowest BCUT2D eigenvalue weighted by Gasteiger charge is -2.61. The van der Waals surface area contributed by atoms with Crippen molar-refractivity contribution >= 4 is 24.8 Å². The normalized spacial score (nSPS) is 46.3. The van der Waals surface area contributed by atoms with Crippen LogP contribution in [0.5, 0.6) is 0 Å². The number of hydrogen-bond acceptors (Lipinski definition) is 2. The number of nitrogens with one attached hydrogen (secondary N) is 1. The lowest BCUT2D eigenvalue weighted by Crippen LogP contribution is -2.63. The molecule has 5 rings (SSSR count). The summed E-state index contributed by atoms with van der Waals surface area (Å²) in [5, 5.41) is 3.51. The first-order chi connectivity index (χ1) is 7.84. The lowest BCUT2D eigenvalue weighted by molar-refractivity contribution is -0.0919. The Morgan fingerprint density at radius 3 is 1.67 bits per heavy atom. The molecule has 4 heteroatoms. The van der Waals surface area contributed by atoms with Crippen molar-refractivity contribution in [2.45, 2.75) is 44.1 Å². The summed E-state index contributed by atoms with van der Waals surface area (Å²) in [7, 11) is 0. The standard InChI is InChI=1S/C14H24N2.2ClH/c1-3-16(4-2-15-1)14-8-11-5-12(9-14)7-13(6-11)10-14;;/h11-13,15H,1-10H2;2*1H. The molecule has 4 saturated carbocycles. The van der Waals surface area contributed by atoms with E-state index in [2.05, 4.69) is 10.2 Å². The fourth-order valence-electron chi connectivity index (χ4n) is 5.59. The quantitative estimate of drug-likeness (QED) is 0.799. The molecule has 0 atom stereocenters. The van der Waals surface area contributed by atoms with Crippen LogP contribution < -0.4 is 5.32 Å². The van der Waals surface area contributed by atoms with E-state index in [1.54, 1.807) is 38.5 Å². The topological polar surface area (TPSA) is 15.3 Å². The average molecular weight is 293 g/mol. The molecule has 4 aliphatic carbocycles. The van der Waals surface area contributed by atoms with Crippen LogP contribution in [0, 0.1) is 17.8 Å². The van der Waals surface area contributed by atoms with E-state index in [0.717, 1.165) is 17.8 Å². The van der Waals surface area contributed by atoms with Crippen molar-refractivity contribution in [2.24, 2.45) is 17.8 Å². The van der Waals surface area contributed by atoms with Gasteiger partial charge in [-0.25, -0.2) is 0 Å². The minimum atomic E-state index is 0. The highest BCUT2D eigenvalue weighted by Gasteiger charge is 2.53. The molecule has 0 unspecified atom stereocenters. The lowest BCUT2D eigenvalue weighted by atomic mass is 9.52. The number of nitrogens with zero attached hydrogens (tertiary/aromatic N) is 1. The van der Waals surface area contributed by atoms with Crippen molar-refractivity contribution in [1.29, 1.82) is 0 Å². The molecule has 2 nitrogen and oxygen atoms in total. The monoisotopic (exact) mass is 292 g/mol. The van der Waals surface area contributed by atoms with E-state index in [4.69, 9.17) is 0 Å². The summed E-state index contributed by atoms with van der Waals surface area (Å²) < 4.78 is 0. The molecule has 106 valence electrons. The Kier molecular flexibility index (Phi) is 4.53. The van der Waals surface area contributed by atoms with Gasteiger partial charge in [0, 0.05) is 31.7 Å². The first kappa shape index (κ1) is 14.9. The van der Waals surface area contributed by atoms with Crippen molar-refractivity contribution in [3.05, 3.63) is 0 Å². The maximum Gasteiger partial charge on any atom is 0.0218 e. The minimum Gasteiger partial charge on any atom is -0.314 e. The fraction of sp³-hybridized carbons (Fsp3) is 1.00. The summed E-state index contributed by atoms with van der Waals surface area (Å²) in [5.74, 6) is 3.29. The van der Waals surface area contributed by atoms with E-state index in [1.807, 2.05) is 0 Å². The van der Waals surface area contributed by atoms with E-state index in [9.17, 15) is 0 Å². The van der Waals surface area contributed by atoms with Gasteiger partial charge in [0.1, 0.15) is 0 Å². The molecular weight excluding hydrogens is 267 g/mol. The van der Waals surface area contributed by atoms with Gasteiger partial charge in [-0.15, -0.1) is 24.8 Å². The van der Waals surface area contributed by atoms with Crippen molar-refractivity contribution in [3.8, 4) is 0 Å². The molecule has 4 bridgehead atoms. The van der Waals surface area contributed by atoms with Gasteiger partial charge in [0.2, 0.25) is 0 Å². The largest absolute Gasteiger partial charge is 0.314 e. The number of halogens is 2. The summed E-state index contributed by atoms with van der Waals surface area (Å²) in [5.41, 5.74) is 0.664. The molecule has 0 spiro atoms. The molecule has 0 aromatic rings. The minimum absolute atomic E-state index is 0. The predicted octanol–water partition coefficient (Wildman–Crippen LogP) is 2.70. The molecule has 1 aliphatic heterocycles. The number of piperazine rings is 1. The first-order valence-electron chi connectivity index (χ1n) is 7.30. The zero-order chi connectivity index (χ0) is 10.6. The highest BCUT2D eigenvalue weighted by Crippen LogP contribution is 2.57. The van der Waals surface area contributed by atoms with Gasteiger partial charge in [-0.05, 0) is 56.3 Å². The third kappa shape index (κ3) is 2.30. The molecule has 5 fully saturated rings. The maximum absolute atomic E-state index is 3.51. The zero-order valence-corrected chi connectivity index (χ0v) is 12.7. The van der Waals surface area contributed by atoms with Gasteiger partial charge in [-0.3, -0.25) is 4.90 Å². The van der Waals surface area contributed by atoms with Crippen LogP contribution in [0.1, 0.15) is 38.5 Å². The fourth-order valence-corrected chi connectivity index (χ4v) is 5.59. The Bertz CT molecular complexity index is 254. The molecule has 1 N–H and O–H groups in total. The van der Waals surface area contributed by atoms with E-state index in [-0.39, 0.29) is 24.8 Å². The van der Waals surface area contributed by atoms with E-state index < -0.39 is 0 Å². The van der Waals surface area contributed by atoms with Gasteiger partial charge in [-0.2, -0.15) is 0 Å². The third-order valence-corrected chi connectivity index (χ3v) is 5.79. The van der Waals surface area contributed by atoms with Crippen LogP contribution in [0.2, 0.25) is 0 Å². The van der Waals surface area contributed by atoms with Crippen LogP contribution in [0.15, 0.2) is 0 Å². The number of rotatable bonds is 1. The molecule has 1 heterocycles. The van der Waals surface area contributed by atoms with Gasteiger partial charge in [0.15, 0.2) is 0 Å². The van der Waals surface area contributed by atoms with Gasteiger partial charge in [-0.1, -0.05) is 0 Å². The van der Waals surface area contributed by atoms with Crippen molar-refractivity contribution < 1.29 is 0 Å².